The third kappa shape index (κ3) is 4.25. The number of thiophene rings is 1. The summed E-state index contributed by atoms with van der Waals surface area (Å²) in [6.07, 6.45) is 0. The number of thiazole rings is 1. The van der Waals surface area contributed by atoms with E-state index in [4.69, 9.17) is 5.73 Å². The molecule has 19 heavy (non-hydrogen) atoms. The van der Waals surface area contributed by atoms with Crippen LogP contribution in [0.1, 0.15) is 20.4 Å². The zero-order valence-corrected chi connectivity index (χ0v) is 14.2. The molecule has 2 aromatic rings. The predicted molar refractivity (Wildman–Crippen MR) is 85.1 cm³/mol. The Balaban J connectivity index is 0.00000180. The summed E-state index contributed by atoms with van der Waals surface area (Å²) < 4.78 is 1.04. The lowest BCUT2D eigenvalue weighted by Gasteiger charge is -2.14. The van der Waals surface area contributed by atoms with Gasteiger partial charge in [0.25, 0.3) is 5.91 Å². The van der Waals surface area contributed by atoms with Gasteiger partial charge in [0, 0.05) is 33.7 Å². The molecule has 0 aliphatic carbocycles. The lowest BCUT2D eigenvalue weighted by atomic mass is 10.4. The summed E-state index contributed by atoms with van der Waals surface area (Å²) in [5.41, 5.74) is 5.96. The van der Waals surface area contributed by atoms with E-state index >= 15 is 0 Å². The van der Waals surface area contributed by atoms with Crippen LogP contribution in [0.5, 0.6) is 0 Å². The lowest BCUT2D eigenvalue weighted by Crippen LogP contribution is -2.26. The van der Waals surface area contributed by atoms with E-state index in [1.807, 2.05) is 11.4 Å². The molecule has 0 fully saturated rings. The molecule has 0 saturated heterocycles. The summed E-state index contributed by atoms with van der Waals surface area (Å²) in [7, 11) is 1.78. The van der Waals surface area contributed by atoms with Crippen molar-refractivity contribution in [3.8, 4) is 0 Å². The van der Waals surface area contributed by atoms with Crippen LogP contribution in [-0.2, 0) is 13.1 Å². The molecule has 0 spiro atoms. The Morgan fingerprint density at radius 2 is 2.21 bits per heavy atom. The molecular weight excluding hydrogens is 370 g/mol. The Kier molecular flexibility index (Phi) is 6.41. The van der Waals surface area contributed by atoms with Crippen LogP contribution < -0.4 is 5.73 Å². The number of amides is 1. The second-order valence-corrected chi connectivity index (χ2v) is 6.58. The minimum atomic E-state index is -0.0736. The standard InChI is InChI=1S/C11H12BrN3OS2.ClH/c1-15(4-8-2-7(12)5-17-8)11(16)9-6-18-10(3-13)14-9;/h2,5-6H,3-4,13H2,1H3;1H. The van der Waals surface area contributed by atoms with Gasteiger partial charge in [0.2, 0.25) is 0 Å². The molecule has 2 rings (SSSR count). The Morgan fingerprint density at radius 3 is 2.74 bits per heavy atom. The topological polar surface area (TPSA) is 59.2 Å². The van der Waals surface area contributed by atoms with Crippen LogP contribution in [0.4, 0.5) is 0 Å². The highest BCUT2D eigenvalue weighted by molar-refractivity contribution is 9.10. The first kappa shape index (κ1) is 16.6. The molecule has 0 aliphatic heterocycles. The van der Waals surface area contributed by atoms with E-state index in [-0.39, 0.29) is 18.3 Å². The first-order valence-corrected chi connectivity index (χ1v) is 7.78. The first-order valence-electron chi connectivity index (χ1n) is 5.23. The number of nitrogens with zero attached hydrogens (tertiary/aromatic N) is 2. The number of carbonyl (C=O) groups excluding carboxylic acids is 1. The highest BCUT2D eigenvalue weighted by Crippen LogP contribution is 2.21. The third-order valence-electron chi connectivity index (χ3n) is 2.31. The van der Waals surface area contributed by atoms with Crippen LogP contribution in [0.3, 0.4) is 0 Å². The van der Waals surface area contributed by atoms with Crippen LogP contribution >= 0.6 is 51.0 Å². The number of hydrogen-bond donors (Lipinski definition) is 1. The molecule has 0 radical (unpaired) electrons. The number of rotatable bonds is 4. The van der Waals surface area contributed by atoms with Crippen molar-refractivity contribution < 1.29 is 4.79 Å². The average Bonchev–Trinajstić information content (AvgIpc) is 2.97. The second kappa shape index (κ2) is 7.35. The normalized spacial score (nSPS) is 10.1. The largest absolute Gasteiger partial charge is 0.335 e. The van der Waals surface area contributed by atoms with Gasteiger partial charge in [0.1, 0.15) is 10.7 Å². The van der Waals surface area contributed by atoms with E-state index in [2.05, 4.69) is 20.9 Å². The van der Waals surface area contributed by atoms with Crippen molar-refractivity contribution in [3.05, 3.63) is 36.9 Å². The summed E-state index contributed by atoms with van der Waals surface area (Å²) >= 11 is 6.44. The fourth-order valence-electron chi connectivity index (χ4n) is 1.44. The van der Waals surface area contributed by atoms with Gasteiger partial charge in [-0.15, -0.1) is 35.1 Å². The van der Waals surface area contributed by atoms with E-state index in [1.165, 1.54) is 11.3 Å². The van der Waals surface area contributed by atoms with Gasteiger partial charge in [-0.05, 0) is 22.0 Å². The molecule has 4 nitrogen and oxygen atoms in total. The predicted octanol–water partition coefficient (Wildman–Crippen LogP) is 3.12. The zero-order chi connectivity index (χ0) is 13.1. The molecule has 1 amide bonds. The van der Waals surface area contributed by atoms with E-state index in [9.17, 15) is 4.79 Å². The summed E-state index contributed by atoms with van der Waals surface area (Å²) in [6.45, 7) is 0.962. The Hall–Kier alpha value is -0.470. The van der Waals surface area contributed by atoms with Gasteiger partial charge in [0.05, 0.1) is 6.54 Å². The number of carbonyl (C=O) groups is 1. The summed E-state index contributed by atoms with van der Waals surface area (Å²) in [5, 5.41) is 4.54. The van der Waals surface area contributed by atoms with Gasteiger partial charge < -0.3 is 10.6 Å². The summed E-state index contributed by atoms with van der Waals surface area (Å²) in [4.78, 5) is 19.1. The second-order valence-electron chi connectivity index (χ2n) is 3.72. The lowest BCUT2D eigenvalue weighted by molar-refractivity contribution is 0.0781. The Morgan fingerprint density at radius 1 is 1.47 bits per heavy atom. The first-order chi connectivity index (χ1) is 8.60. The maximum atomic E-state index is 12.1. The van der Waals surface area contributed by atoms with E-state index in [0.29, 0.717) is 18.8 Å². The van der Waals surface area contributed by atoms with Gasteiger partial charge in [-0.3, -0.25) is 4.79 Å². The smallest absolute Gasteiger partial charge is 0.273 e. The van der Waals surface area contributed by atoms with Crippen molar-refractivity contribution in [2.24, 2.45) is 5.73 Å². The highest BCUT2D eigenvalue weighted by Gasteiger charge is 2.15. The molecule has 8 heteroatoms. The van der Waals surface area contributed by atoms with Gasteiger partial charge in [-0.1, -0.05) is 0 Å². The van der Waals surface area contributed by atoms with Crippen molar-refractivity contribution in [3.63, 3.8) is 0 Å². The quantitative estimate of drug-likeness (QED) is 0.884. The van der Waals surface area contributed by atoms with Crippen molar-refractivity contribution in [1.82, 2.24) is 9.88 Å². The van der Waals surface area contributed by atoms with Crippen molar-refractivity contribution in [1.29, 1.82) is 0 Å². The van der Waals surface area contributed by atoms with Crippen molar-refractivity contribution in [2.45, 2.75) is 13.1 Å². The van der Waals surface area contributed by atoms with Gasteiger partial charge in [-0.25, -0.2) is 4.98 Å². The summed E-state index contributed by atoms with van der Waals surface area (Å²) in [5.74, 6) is -0.0736. The molecule has 104 valence electrons. The van der Waals surface area contributed by atoms with Crippen LogP contribution in [0, 0.1) is 0 Å². The van der Waals surface area contributed by atoms with Crippen molar-refractivity contribution >= 4 is 56.9 Å². The number of halogens is 2. The molecule has 0 aromatic carbocycles. The van der Waals surface area contributed by atoms with Crippen molar-refractivity contribution in [2.75, 3.05) is 7.05 Å². The number of hydrogen-bond acceptors (Lipinski definition) is 5. The minimum Gasteiger partial charge on any atom is -0.335 e. The Labute approximate surface area is 134 Å². The zero-order valence-electron chi connectivity index (χ0n) is 10.1. The molecule has 0 bridgehead atoms. The number of nitrogens with two attached hydrogens (primary N) is 1. The molecular formula is C11H13BrClN3OS2. The maximum Gasteiger partial charge on any atom is 0.273 e. The molecule has 2 heterocycles. The fraction of sp³-hybridized carbons (Fsp3) is 0.273. The van der Waals surface area contributed by atoms with E-state index in [1.54, 1.807) is 28.7 Å². The van der Waals surface area contributed by atoms with Crippen LogP contribution in [0.2, 0.25) is 0 Å². The molecule has 2 aromatic heterocycles. The molecule has 2 N–H and O–H groups in total. The van der Waals surface area contributed by atoms with Gasteiger partial charge >= 0.3 is 0 Å². The molecule has 0 atom stereocenters. The van der Waals surface area contributed by atoms with Crippen LogP contribution in [0.25, 0.3) is 0 Å². The third-order valence-corrected chi connectivity index (χ3v) is 4.86. The number of aromatic nitrogens is 1. The van der Waals surface area contributed by atoms with Gasteiger partial charge in [0.15, 0.2) is 0 Å². The minimum absolute atomic E-state index is 0. The van der Waals surface area contributed by atoms with Crippen LogP contribution in [-0.4, -0.2) is 22.8 Å². The highest BCUT2D eigenvalue weighted by atomic mass is 79.9. The fourth-order valence-corrected chi connectivity index (χ4v) is 3.59. The van der Waals surface area contributed by atoms with Gasteiger partial charge in [-0.2, -0.15) is 0 Å². The van der Waals surface area contributed by atoms with E-state index < -0.39 is 0 Å². The summed E-state index contributed by atoms with van der Waals surface area (Å²) in [6, 6.07) is 2.01. The monoisotopic (exact) mass is 381 g/mol. The Bertz CT molecular complexity index is 558. The van der Waals surface area contributed by atoms with Crippen LogP contribution in [0.15, 0.2) is 21.3 Å². The SMILES string of the molecule is CN(Cc1cc(Br)cs1)C(=O)c1csc(CN)n1.Cl. The average molecular weight is 383 g/mol. The molecule has 0 saturated carbocycles. The maximum absolute atomic E-state index is 12.1. The molecule has 0 aliphatic rings. The van der Waals surface area contributed by atoms with E-state index in [0.717, 1.165) is 14.4 Å². The molecule has 0 unspecified atom stereocenters.